The third-order valence-corrected chi connectivity index (χ3v) is 6.32. The van der Waals surface area contributed by atoms with E-state index in [9.17, 15) is 0 Å². The summed E-state index contributed by atoms with van der Waals surface area (Å²) in [6.45, 7) is 2.41. The van der Waals surface area contributed by atoms with Crippen LogP contribution in [0, 0.1) is 0 Å². The van der Waals surface area contributed by atoms with Crippen LogP contribution < -0.4 is 0 Å². The van der Waals surface area contributed by atoms with Gasteiger partial charge in [0, 0.05) is 27.9 Å². The summed E-state index contributed by atoms with van der Waals surface area (Å²) in [7, 11) is 0. The summed E-state index contributed by atoms with van der Waals surface area (Å²) in [6.07, 6.45) is 4.78. The van der Waals surface area contributed by atoms with Crippen LogP contribution in [0.25, 0.3) is 0 Å². The van der Waals surface area contributed by atoms with Gasteiger partial charge in [-0.25, -0.2) is 0 Å². The fourth-order valence-electron chi connectivity index (χ4n) is 4.00. The second-order valence-corrected chi connectivity index (χ2v) is 8.05. The topological polar surface area (TPSA) is 3.24 Å². The molecule has 0 N–H and O–H groups in total. The Morgan fingerprint density at radius 1 is 1.09 bits per heavy atom. The Hall–Kier alpha value is -0.770. The Morgan fingerprint density at radius 3 is 2.68 bits per heavy atom. The maximum atomic E-state index is 3.67. The summed E-state index contributed by atoms with van der Waals surface area (Å²) < 4.78 is 1.20. The van der Waals surface area contributed by atoms with Crippen molar-refractivity contribution in [3.8, 4) is 0 Å². The zero-order valence-electron chi connectivity index (χ0n) is 12.8. The maximum Gasteiger partial charge on any atom is 0.0351 e. The van der Waals surface area contributed by atoms with E-state index in [1.165, 1.54) is 39.9 Å². The molecule has 0 spiro atoms. The van der Waals surface area contributed by atoms with Crippen LogP contribution in [-0.4, -0.2) is 24.2 Å². The van der Waals surface area contributed by atoms with Crippen LogP contribution in [0.15, 0.2) is 51.8 Å². The quantitative estimate of drug-likeness (QED) is 0.643. The summed E-state index contributed by atoms with van der Waals surface area (Å²) >= 11 is 5.48. The summed E-state index contributed by atoms with van der Waals surface area (Å²) in [5.74, 6) is 0.498. The van der Waals surface area contributed by atoms with Gasteiger partial charge in [-0.15, -0.1) is 11.8 Å². The molecule has 1 saturated heterocycles. The molecule has 2 aliphatic rings. The molecule has 1 fully saturated rings. The van der Waals surface area contributed by atoms with Crippen LogP contribution in [0.5, 0.6) is 0 Å². The van der Waals surface area contributed by atoms with E-state index in [4.69, 9.17) is 0 Å². The van der Waals surface area contributed by atoms with E-state index in [1.807, 2.05) is 11.8 Å². The number of hydrogen-bond donors (Lipinski definition) is 0. The van der Waals surface area contributed by atoms with Crippen molar-refractivity contribution in [3.63, 3.8) is 0 Å². The molecule has 2 atom stereocenters. The van der Waals surface area contributed by atoms with Crippen LogP contribution in [0.2, 0.25) is 0 Å². The van der Waals surface area contributed by atoms with Crippen molar-refractivity contribution < 1.29 is 0 Å². The van der Waals surface area contributed by atoms with Crippen molar-refractivity contribution in [3.05, 3.63) is 63.6 Å². The SMILES string of the molecule is CSc1ccc([C@H]2CN3CCC[C@@H]3c3ccc(Br)cc32)cc1. The van der Waals surface area contributed by atoms with Gasteiger partial charge in [-0.2, -0.15) is 0 Å². The molecule has 1 nitrogen and oxygen atoms in total. The summed E-state index contributed by atoms with van der Waals surface area (Å²) in [5.41, 5.74) is 4.52. The third-order valence-electron chi connectivity index (χ3n) is 5.08. The number of fused-ring (bicyclic) bond motifs is 3. The largest absolute Gasteiger partial charge is 0.295 e. The first kappa shape index (κ1) is 14.8. The Balaban J connectivity index is 1.79. The molecule has 2 aliphatic heterocycles. The molecule has 4 rings (SSSR count). The van der Waals surface area contributed by atoms with Crippen LogP contribution in [0.1, 0.15) is 41.5 Å². The van der Waals surface area contributed by atoms with Crippen molar-refractivity contribution in [1.82, 2.24) is 4.90 Å². The second-order valence-electron chi connectivity index (χ2n) is 6.25. The van der Waals surface area contributed by atoms with Gasteiger partial charge in [0.1, 0.15) is 0 Å². The van der Waals surface area contributed by atoms with Crippen LogP contribution in [-0.2, 0) is 0 Å². The highest BCUT2D eigenvalue weighted by molar-refractivity contribution is 9.10. The van der Waals surface area contributed by atoms with Crippen molar-refractivity contribution in [2.45, 2.75) is 29.7 Å². The highest BCUT2D eigenvalue weighted by atomic mass is 79.9. The standard InChI is InChI=1S/C19H20BrNS/c1-22-15-7-4-13(5-8-15)18-12-21-10-2-3-19(21)16-9-6-14(20)11-17(16)18/h4-9,11,18-19H,2-3,10,12H2,1H3/t18-,19-/m1/s1. The highest BCUT2D eigenvalue weighted by Crippen LogP contribution is 2.45. The molecule has 0 radical (unpaired) electrons. The summed E-state index contributed by atoms with van der Waals surface area (Å²) in [5, 5.41) is 0. The van der Waals surface area contributed by atoms with Crippen LogP contribution >= 0.6 is 27.7 Å². The minimum absolute atomic E-state index is 0.498. The zero-order valence-corrected chi connectivity index (χ0v) is 15.2. The maximum absolute atomic E-state index is 3.67. The van der Waals surface area contributed by atoms with Crippen molar-refractivity contribution in [1.29, 1.82) is 0 Å². The molecule has 22 heavy (non-hydrogen) atoms. The lowest BCUT2D eigenvalue weighted by Crippen LogP contribution is -2.34. The van der Waals surface area contributed by atoms with E-state index in [2.05, 4.69) is 69.6 Å². The predicted molar refractivity (Wildman–Crippen MR) is 97.8 cm³/mol. The van der Waals surface area contributed by atoms with Gasteiger partial charge in [0.15, 0.2) is 0 Å². The van der Waals surface area contributed by atoms with Crippen molar-refractivity contribution in [2.75, 3.05) is 19.3 Å². The molecule has 0 saturated carbocycles. The normalized spacial score (nSPS) is 24.1. The predicted octanol–water partition coefficient (Wildman–Crippen LogP) is 5.45. The summed E-state index contributed by atoms with van der Waals surface area (Å²) in [4.78, 5) is 4.02. The third kappa shape index (κ3) is 2.53. The number of halogens is 1. The van der Waals surface area contributed by atoms with E-state index < -0.39 is 0 Å². The lowest BCUT2D eigenvalue weighted by Gasteiger charge is -2.37. The highest BCUT2D eigenvalue weighted by Gasteiger charge is 2.36. The molecule has 2 aromatic rings. The van der Waals surface area contributed by atoms with Gasteiger partial charge in [0.05, 0.1) is 0 Å². The number of hydrogen-bond acceptors (Lipinski definition) is 2. The van der Waals surface area contributed by atoms with Crippen molar-refractivity contribution in [2.24, 2.45) is 0 Å². The molecule has 0 amide bonds. The van der Waals surface area contributed by atoms with Gasteiger partial charge >= 0.3 is 0 Å². The molecule has 3 heteroatoms. The molecule has 2 heterocycles. The molecule has 0 aromatic heterocycles. The first-order valence-electron chi connectivity index (χ1n) is 7.93. The number of thioether (sulfide) groups is 1. The molecule has 0 aliphatic carbocycles. The van der Waals surface area contributed by atoms with E-state index in [-0.39, 0.29) is 0 Å². The Kier molecular flexibility index (Phi) is 4.05. The van der Waals surface area contributed by atoms with Crippen molar-refractivity contribution >= 4 is 27.7 Å². The first-order valence-corrected chi connectivity index (χ1v) is 9.95. The van der Waals surface area contributed by atoms with Gasteiger partial charge < -0.3 is 0 Å². The zero-order chi connectivity index (χ0) is 15.1. The van der Waals surface area contributed by atoms with Gasteiger partial charge in [-0.05, 0) is 66.6 Å². The minimum Gasteiger partial charge on any atom is -0.295 e. The van der Waals surface area contributed by atoms with Crippen LogP contribution in [0.4, 0.5) is 0 Å². The molecule has 2 aromatic carbocycles. The Morgan fingerprint density at radius 2 is 1.91 bits per heavy atom. The lowest BCUT2D eigenvalue weighted by molar-refractivity contribution is 0.230. The number of rotatable bonds is 2. The fraction of sp³-hybridized carbons (Fsp3) is 0.368. The Bertz CT molecular complexity index is 682. The van der Waals surface area contributed by atoms with E-state index in [0.29, 0.717) is 12.0 Å². The molecule has 0 unspecified atom stereocenters. The smallest absolute Gasteiger partial charge is 0.0351 e. The first-order chi connectivity index (χ1) is 10.8. The molecule has 0 bridgehead atoms. The van der Waals surface area contributed by atoms with E-state index >= 15 is 0 Å². The van der Waals surface area contributed by atoms with Crippen LogP contribution in [0.3, 0.4) is 0 Å². The lowest BCUT2D eigenvalue weighted by atomic mass is 9.82. The monoisotopic (exact) mass is 373 g/mol. The number of benzene rings is 2. The van der Waals surface area contributed by atoms with Gasteiger partial charge in [0.2, 0.25) is 0 Å². The Labute approximate surface area is 145 Å². The average Bonchev–Trinajstić information content (AvgIpc) is 3.02. The van der Waals surface area contributed by atoms with Gasteiger partial charge in [-0.1, -0.05) is 34.1 Å². The molecular weight excluding hydrogens is 354 g/mol. The van der Waals surface area contributed by atoms with E-state index in [1.54, 1.807) is 5.56 Å². The fourth-order valence-corrected chi connectivity index (χ4v) is 4.79. The summed E-state index contributed by atoms with van der Waals surface area (Å²) in [6, 6.07) is 16.7. The average molecular weight is 374 g/mol. The van der Waals surface area contributed by atoms with E-state index in [0.717, 1.165) is 6.54 Å². The minimum atomic E-state index is 0.498. The molecule has 114 valence electrons. The number of nitrogens with zero attached hydrogens (tertiary/aromatic N) is 1. The molecular formula is C19H20BrNS. The second kappa shape index (κ2) is 6.03. The van der Waals surface area contributed by atoms with Gasteiger partial charge in [-0.3, -0.25) is 4.90 Å². The van der Waals surface area contributed by atoms with Gasteiger partial charge in [0.25, 0.3) is 0 Å².